The predicted octanol–water partition coefficient (Wildman–Crippen LogP) is 5.67. The fraction of sp³-hybridized carbons (Fsp3) is 0.517. The molecule has 0 atom stereocenters. The summed E-state index contributed by atoms with van der Waals surface area (Å²) in [7, 11) is 0. The lowest BCUT2D eigenvalue weighted by molar-refractivity contribution is -0.134. The number of phenols is 1. The van der Waals surface area contributed by atoms with Crippen molar-refractivity contribution in [3.8, 4) is 5.75 Å². The first-order valence-corrected chi connectivity index (χ1v) is 14.5. The van der Waals surface area contributed by atoms with Crippen molar-refractivity contribution in [1.29, 1.82) is 0 Å². The molecule has 6 nitrogen and oxygen atoms in total. The van der Waals surface area contributed by atoms with Gasteiger partial charge in [-0.3, -0.25) is 9.59 Å². The van der Waals surface area contributed by atoms with Crippen molar-refractivity contribution in [2.45, 2.75) is 76.7 Å². The van der Waals surface area contributed by atoms with Gasteiger partial charge in [0, 0.05) is 25.6 Å². The Morgan fingerprint density at radius 3 is 2.66 bits per heavy atom. The number of carbonyl (C=O) groups excluding carboxylic acids is 1. The number of thiazole rings is 1. The van der Waals surface area contributed by atoms with Crippen molar-refractivity contribution >= 4 is 27.5 Å². The van der Waals surface area contributed by atoms with Crippen LogP contribution in [0.3, 0.4) is 0 Å². The molecule has 0 bridgehead atoms. The number of amides is 1. The summed E-state index contributed by atoms with van der Waals surface area (Å²) in [6, 6.07) is 8.02. The summed E-state index contributed by atoms with van der Waals surface area (Å²) in [6.07, 6.45) is 10.0. The third-order valence-corrected chi connectivity index (χ3v) is 8.40. The number of aryl methyl sites for hydroxylation is 1. The fourth-order valence-corrected chi connectivity index (χ4v) is 6.27. The van der Waals surface area contributed by atoms with Crippen molar-refractivity contribution in [3.05, 3.63) is 62.8 Å². The highest BCUT2D eigenvalue weighted by molar-refractivity contribution is 7.16. The van der Waals surface area contributed by atoms with Gasteiger partial charge in [0.15, 0.2) is 11.6 Å². The first-order valence-electron chi connectivity index (χ1n) is 13.7. The second-order valence-corrected chi connectivity index (χ2v) is 11.1. The van der Waals surface area contributed by atoms with Crippen molar-refractivity contribution < 1.29 is 18.7 Å². The lowest BCUT2D eigenvalue weighted by atomic mass is 9.93. The molecule has 2 aromatic carbocycles. The molecule has 1 aliphatic carbocycles. The summed E-state index contributed by atoms with van der Waals surface area (Å²) < 4.78 is 28.0. The molecule has 0 spiro atoms. The Kier molecular flexibility index (Phi) is 10.3. The maximum atomic E-state index is 13.8. The number of aromatic nitrogens is 1. The maximum Gasteiger partial charge on any atom is 0.305 e. The predicted molar refractivity (Wildman–Crippen MR) is 148 cm³/mol. The Morgan fingerprint density at radius 1 is 1.03 bits per heavy atom. The van der Waals surface area contributed by atoms with E-state index in [0.717, 1.165) is 85.6 Å². The lowest BCUT2D eigenvalue weighted by Crippen LogP contribution is -2.43. The van der Waals surface area contributed by atoms with E-state index >= 15 is 0 Å². The van der Waals surface area contributed by atoms with Crippen LogP contribution in [0.15, 0.2) is 35.1 Å². The van der Waals surface area contributed by atoms with Gasteiger partial charge in [0.25, 0.3) is 0 Å². The zero-order valence-corrected chi connectivity index (χ0v) is 22.6. The molecule has 3 N–H and O–H groups in total. The Balaban J connectivity index is 1.22. The van der Waals surface area contributed by atoms with Crippen LogP contribution in [0.5, 0.6) is 5.75 Å². The topological polar surface area (TPSA) is 85.4 Å². The minimum absolute atomic E-state index is 0.0966. The summed E-state index contributed by atoms with van der Waals surface area (Å²) in [5.74, 6) is -1.38. The molecule has 1 aliphatic rings. The van der Waals surface area contributed by atoms with Gasteiger partial charge < -0.3 is 20.3 Å². The van der Waals surface area contributed by atoms with Crippen LogP contribution < -0.4 is 10.2 Å². The first-order chi connectivity index (χ1) is 18.4. The average molecular weight is 546 g/mol. The molecule has 206 valence electrons. The zero-order valence-electron chi connectivity index (χ0n) is 21.7. The highest BCUT2D eigenvalue weighted by Gasteiger charge is 2.24. The number of nitrogens with one attached hydrogen (secondary N) is 2. The normalized spacial score (nSPS) is 14.3. The number of benzene rings is 2. The summed E-state index contributed by atoms with van der Waals surface area (Å²) in [6.45, 7) is 1.73. The van der Waals surface area contributed by atoms with Crippen LogP contribution in [0, 0.1) is 11.6 Å². The molecule has 1 saturated carbocycles. The van der Waals surface area contributed by atoms with Crippen molar-refractivity contribution in [2.75, 3.05) is 19.6 Å². The number of nitrogens with zero attached hydrogens (tertiary/aromatic N) is 1. The lowest BCUT2D eigenvalue weighted by Gasteiger charge is -2.34. The van der Waals surface area contributed by atoms with Crippen LogP contribution in [0.1, 0.15) is 68.9 Å². The highest BCUT2D eigenvalue weighted by atomic mass is 32.1. The van der Waals surface area contributed by atoms with Crippen LogP contribution in [0.2, 0.25) is 0 Å². The monoisotopic (exact) mass is 545 g/mol. The highest BCUT2D eigenvalue weighted by Crippen LogP contribution is 2.29. The number of halogens is 2. The molecule has 1 aromatic heterocycles. The van der Waals surface area contributed by atoms with Crippen LogP contribution in [0.25, 0.3) is 10.2 Å². The molecule has 1 fully saturated rings. The number of carbonyl (C=O) groups is 1. The van der Waals surface area contributed by atoms with Crippen molar-refractivity contribution in [2.24, 2.45) is 0 Å². The molecular formula is C29H37F2N3O3S. The van der Waals surface area contributed by atoms with Crippen LogP contribution in [-0.4, -0.2) is 46.6 Å². The fourth-order valence-electron chi connectivity index (χ4n) is 5.38. The van der Waals surface area contributed by atoms with E-state index in [1.807, 2.05) is 6.07 Å². The van der Waals surface area contributed by atoms with Gasteiger partial charge in [0.05, 0.1) is 4.70 Å². The molecular weight excluding hydrogens is 508 g/mol. The Labute approximate surface area is 226 Å². The first kappa shape index (κ1) is 28.2. The average Bonchev–Trinajstić information content (AvgIpc) is 3.32. The van der Waals surface area contributed by atoms with Gasteiger partial charge in [-0.25, -0.2) is 8.78 Å². The summed E-state index contributed by atoms with van der Waals surface area (Å²) in [5.41, 5.74) is 1.91. The number of hydrogen-bond donors (Lipinski definition) is 3. The van der Waals surface area contributed by atoms with E-state index in [4.69, 9.17) is 0 Å². The molecule has 9 heteroatoms. The zero-order chi connectivity index (χ0) is 26.9. The Morgan fingerprint density at radius 2 is 1.84 bits per heavy atom. The number of H-pyrrole nitrogens is 1. The van der Waals surface area contributed by atoms with Gasteiger partial charge in [-0.2, -0.15) is 0 Å². The molecule has 0 aliphatic heterocycles. The molecule has 3 aromatic rings. The van der Waals surface area contributed by atoms with Gasteiger partial charge in [0.2, 0.25) is 5.91 Å². The Bertz CT molecular complexity index is 1270. The maximum absolute atomic E-state index is 13.8. The second kappa shape index (κ2) is 13.8. The molecule has 1 heterocycles. The third kappa shape index (κ3) is 7.41. The van der Waals surface area contributed by atoms with E-state index in [9.17, 15) is 23.5 Å². The van der Waals surface area contributed by atoms with Gasteiger partial charge in [-0.15, -0.1) is 0 Å². The number of unbranched alkanes of at least 4 members (excludes halogenated alkanes) is 2. The standard InChI is InChI=1S/C29H37F2N3O3S/c30-23-12-7-9-20(26(23)31)15-17-32-18-16-25(36)34(22-10-4-1-5-11-22)19-6-2-3-8-21-13-14-24(35)27-28(21)38-29(37)33-27/h7,9,12-14,22,32,35H,1-6,8,10-11,15-19H2,(H,33,37). The molecule has 0 unspecified atom stereocenters. The van der Waals surface area contributed by atoms with E-state index in [1.165, 1.54) is 12.5 Å². The summed E-state index contributed by atoms with van der Waals surface area (Å²) in [4.78, 5) is 29.5. The second-order valence-electron chi connectivity index (χ2n) is 10.1. The largest absolute Gasteiger partial charge is 0.506 e. The van der Waals surface area contributed by atoms with E-state index in [0.29, 0.717) is 43.1 Å². The van der Waals surface area contributed by atoms with Crippen molar-refractivity contribution in [3.63, 3.8) is 0 Å². The van der Waals surface area contributed by atoms with Crippen LogP contribution in [0.4, 0.5) is 8.78 Å². The van der Waals surface area contributed by atoms with Gasteiger partial charge in [-0.1, -0.05) is 55.2 Å². The van der Waals surface area contributed by atoms with E-state index < -0.39 is 11.6 Å². The minimum atomic E-state index is -0.834. The summed E-state index contributed by atoms with van der Waals surface area (Å²) in [5, 5.41) is 13.2. The number of aromatic hydroxyl groups is 1. The molecule has 38 heavy (non-hydrogen) atoms. The van der Waals surface area contributed by atoms with Gasteiger partial charge in [0.1, 0.15) is 11.3 Å². The van der Waals surface area contributed by atoms with E-state index in [-0.39, 0.29) is 16.5 Å². The smallest absolute Gasteiger partial charge is 0.305 e. The van der Waals surface area contributed by atoms with E-state index in [2.05, 4.69) is 15.2 Å². The number of phenolic OH excluding ortho intramolecular Hbond substituents is 1. The quantitative estimate of drug-likeness (QED) is 0.242. The molecule has 0 saturated heterocycles. The van der Waals surface area contributed by atoms with Crippen LogP contribution in [-0.2, 0) is 17.6 Å². The Hall–Kier alpha value is -2.78. The molecule has 4 rings (SSSR count). The van der Waals surface area contributed by atoms with Crippen LogP contribution >= 0.6 is 11.3 Å². The SMILES string of the molecule is O=C(CCNCCc1cccc(F)c1F)N(CCCCCc1ccc(O)c2[nH]c(=O)sc12)C1CCCCC1. The number of fused-ring (bicyclic) bond motifs is 1. The molecule has 1 amide bonds. The molecule has 0 radical (unpaired) electrons. The van der Waals surface area contributed by atoms with Gasteiger partial charge in [-0.05, 0) is 68.3 Å². The summed E-state index contributed by atoms with van der Waals surface area (Å²) >= 11 is 1.13. The number of aromatic amines is 1. The minimum Gasteiger partial charge on any atom is -0.506 e. The van der Waals surface area contributed by atoms with E-state index in [1.54, 1.807) is 12.1 Å². The number of hydrogen-bond acceptors (Lipinski definition) is 5. The van der Waals surface area contributed by atoms with Gasteiger partial charge >= 0.3 is 4.87 Å². The third-order valence-electron chi connectivity index (χ3n) is 7.44. The number of rotatable bonds is 13. The van der Waals surface area contributed by atoms with Crippen molar-refractivity contribution in [1.82, 2.24) is 15.2 Å².